The molecule has 2 rings (SSSR count). The average molecular weight is 248 g/mol. The summed E-state index contributed by atoms with van der Waals surface area (Å²) in [4.78, 5) is 4.38. The van der Waals surface area contributed by atoms with Gasteiger partial charge in [-0.15, -0.1) is 0 Å². The van der Waals surface area contributed by atoms with E-state index in [4.69, 9.17) is 5.73 Å². The van der Waals surface area contributed by atoms with Crippen molar-refractivity contribution in [3.05, 3.63) is 83.6 Å². The lowest BCUT2D eigenvalue weighted by molar-refractivity contribution is 1.18. The maximum Gasteiger partial charge on any atom is 0.131 e. The second kappa shape index (κ2) is 6.42. The van der Waals surface area contributed by atoms with Crippen LogP contribution < -0.4 is 5.73 Å². The fourth-order valence-electron chi connectivity index (χ4n) is 1.69. The van der Waals surface area contributed by atoms with Crippen molar-refractivity contribution in [2.75, 3.05) is 0 Å². The lowest BCUT2D eigenvalue weighted by Crippen LogP contribution is -2.12. The van der Waals surface area contributed by atoms with Crippen LogP contribution in [0.15, 0.2) is 65.3 Å². The maximum atomic E-state index is 5.94. The van der Waals surface area contributed by atoms with E-state index in [2.05, 4.69) is 35.3 Å². The van der Waals surface area contributed by atoms with Crippen molar-refractivity contribution in [3.63, 3.8) is 0 Å². The van der Waals surface area contributed by atoms with E-state index in [0.29, 0.717) is 5.84 Å². The quantitative estimate of drug-likeness (QED) is 0.655. The summed E-state index contributed by atoms with van der Waals surface area (Å²) in [5.41, 5.74) is 8.98. The first-order valence-corrected chi connectivity index (χ1v) is 6.19. The molecule has 0 fully saturated rings. The van der Waals surface area contributed by atoms with Gasteiger partial charge in [0.2, 0.25) is 0 Å². The normalized spacial score (nSPS) is 12.1. The molecule has 19 heavy (non-hydrogen) atoms. The van der Waals surface area contributed by atoms with Crippen LogP contribution in [0, 0.1) is 12.1 Å². The molecule has 0 radical (unpaired) electrons. The number of nitrogens with zero attached hydrogens (tertiary/aromatic N) is 1. The van der Waals surface area contributed by atoms with Crippen molar-refractivity contribution < 1.29 is 0 Å². The Balaban J connectivity index is 2.06. The Morgan fingerprint density at radius 3 is 2.68 bits per heavy atom. The van der Waals surface area contributed by atoms with E-state index in [1.807, 2.05) is 31.2 Å². The van der Waals surface area contributed by atoms with E-state index in [0.717, 1.165) is 17.7 Å². The molecule has 0 bridgehead atoms. The zero-order chi connectivity index (χ0) is 13.5. The molecule has 2 aromatic carbocycles. The second-order valence-electron chi connectivity index (χ2n) is 4.25. The van der Waals surface area contributed by atoms with Crippen LogP contribution in [0.2, 0.25) is 0 Å². The van der Waals surface area contributed by atoms with E-state index in [1.165, 1.54) is 5.56 Å². The van der Waals surface area contributed by atoms with Crippen LogP contribution in [0.4, 0.5) is 0 Å². The SMILES string of the molecule is C/C(=C/Cc1ccccc1)N=C(N)c1cc#ccc1. The van der Waals surface area contributed by atoms with E-state index in [-0.39, 0.29) is 0 Å². The molecule has 0 saturated carbocycles. The topological polar surface area (TPSA) is 38.4 Å². The lowest BCUT2D eigenvalue weighted by Gasteiger charge is -2.00. The monoisotopic (exact) mass is 248 g/mol. The number of nitrogens with two attached hydrogens (primary N) is 1. The van der Waals surface area contributed by atoms with Gasteiger partial charge in [-0.25, -0.2) is 4.99 Å². The minimum atomic E-state index is 0.507. The summed E-state index contributed by atoms with van der Waals surface area (Å²) in [6.07, 6.45) is 2.93. The van der Waals surface area contributed by atoms with Crippen molar-refractivity contribution in [2.45, 2.75) is 13.3 Å². The summed E-state index contributed by atoms with van der Waals surface area (Å²) in [6, 6.07) is 21.4. The van der Waals surface area contributed by atoms with Crippen LogP contribution in [0.3, 0.4) is 0 Å². The average Bonchev–Trinajstić information content (AvgIpc) is 2.47. The molecule has 0 spiro atoms. The Hall–Kier alpha value is -2.53. The van der Waals surface area contributed by atoms with Crippen LogP contribution in [-0.4, -0.2) is 5.84 Å². The molecule has 0 heterocycles. The van der Waals surface area contributed by atoms with Gasteiger partial charge < -0.3 is 5.73 Å². The predicted molar refractivity (Wildman–Crippen MR) is 78.7 cm³/mol. The van der Waals surface area contributed by atoms with Gasteiger partial charge in [0.25, 0.3) is 0 Å². The number of amidine groups is 1. The number of hydrogen-bond donors (Lipinski definition) is 1. The Labute approximate surface area is 114 Å². The molecule has 0 aliphatic rings. The lowest BCUT2D eigenvalue weighted by atomic mass is 10.1. The second-order valence-corrected chi connectivity index (χ2v) is 4.25. The third kappa shape index (κ3) is 4.01. The zero-order valence-corrected chi connectivity index (χ0v) is 10.9. The van der Waals surface area contributed by atoms with Crippen molar-refractivity contribution in [1.29, 1.82) is 0 Å². The van der Waals surface area contributed by atoms with Crippen LogP contribution in [0.5, 0.6) is 0 Å². The highest BCUT2D eigenvalue weighted by Crippen LogP contribution is 2.05. The summed E-state index contributed by atoms with van der Waals surface area (Å²) in [6.45, 7) is 1.95. The molecule has 0 aliphatic heterocycles. The molecule has 2 heteroatoms. The third-order valence-corrected chi connectivity index (χ3v) is 2.73. The van der Waals surface area contributed by atoms with Crippen molar-refractivity contribution in [2.24, 2.45) is 10.7 Å². The molecule has 94 valence electrons. The summed E-state index contributed by atoms with van der Waals surface area (Å²) in [5.74, 6) is 0.507. The minimum absolute atomic E-state index is 0.507. The largest absolute Gasteiger partial charge is 0.383 e. The summed E-state index contributed by atoms with van der Waals surface area (Å²) < 4.78 is 0. The van der Waals surface area contributed by atoms with Crippen LogP contribution in [0.1, 0.15) is 18.1 Å². The number of rotatable bonds is 4. The zero-order valence-electron chi connectivity index (χ0n) is 10.9. The van der Waals surface area contributed by atoms with Crippen LogP contribution in [0.25, 0.3) is 0 Å². The van der Waals surface area contributed by atoms with Gasteiger partial charge in [-0.1, -0.05) is 48.5 Å². The molecule has 0 amide bonds. The summed E-state index contributed by atoms with van der Waals surface area (Å²) in [5, 5.41) is 0. The van der Waals surface area contributed by atoms with Gasteiger partial charge in [0, 0.05) is 11.3 Å². The van der Waals surface area contributed by atoms with Gasteiger partial charge >= 0.3 is 0 Å². The van der Waals surface area contributed by atoms with Gasteiger partial charge in [0.1, 0.15) is 5.84 Å². The van der Waals surface area contributed by atoms with Gasteiger partial charge in [0.15, 0.2) is 0 Å². The van der Waals surface area contributed by atoms with Crippen LogP contribution >= 0.6 is 0 Å². The highest BCUT2D eigenvalue weighted by Gasteiger charge is 1.96. The van der Waals surface area contributed by atoms with Crippen molar-refractivity contribution in [3.8, 4) is 0 Å². The van der Waals surface area contributed by atoms with E-state index in [1.54, 1.807) is 12.1 Å². The first kappa shape index (κ1) is 12.9. The Kier molecular flexibility index (Phi) is 4.36. The fraction of sp³-hybridized carbons (Fsp3) is 0.118. The molecule has 0 unspecified atom stereocenters. The number of allylic oxidation sites excluding steroid dienone is 2. The summed E-state index contributed by atoms with van der Waals surface area (Å²) in [7, 11) is 0. The molecule has 0 saturated heterocycles. The molecular formula is C17H16N2. The standard InChI is InChI=1S/C17H16N2/c1-14(12-13-15-8-4-2-5-9-15)19-17(18)16-10-6-3-7-11-16/h2,4-6,8-12H,13H2,1H3,(H2,18,19)/b14-12-. The molecule has 2 aromatic rings. The van der Waals surface area contributed by atoms with Crippen molar-refractivity contribution >= 4 is 5.84 Å². The van der Waals surface area contributed by atoms with Gasteiger partial charge in [0.05, 0.1) is 0 Å². The van der Waals surface area contributed by atoms with E-state index in [9.17, 15) is 0 Å². The molecule has 0 aromatic heterocycles. The van der Waals surface area contributed by atoms with Crippen LogP contribution in [-0.2, 0) is 6.42 Å². The predicted octanol–water partition coefficient (Wildman–Crippen LogP) is 3.14. The van der Waals surface area contributed by atoms with Crippen molar-refractivity contribution in [1.82, 2.24) is 0 Å². The highest BCUT2D eigenvalue weighted by atomic mass is 14.9. The molecule has 2 nitrogen and oxygen atoms in total. The maximum absolute atomic E-state index is 5.94. The smallest absolute Gasteiger partial charge is 0.131 e. The molecular weight excluding hydrogens is 232 g/mol. The Morgan fingerprint density at radius 2 is 2.00 bits per heavy atom. The number of hydrogen-bond acceptors (Lipinski definition) is 1. The Morgan fingerprint density at radius 1 is 1.21 bits per heavy atom. The molecule has 2 N–H and O–H groups in total. The highest BCUT2D eigenvalue weighted by molar-refractivity contribution is 5.97. The van der Waals surface area contributed by atoms with Gasteiger partial charge in [-0.3, -0.25) is 0 Å². The third-order valence-electron chi connectivity index (χ3n) is 2.73. The van der Waals surface area contributed by atoms with Gasteiger partial charge in [-0.05, 0) is 37.1 Å². The molecule has 0 aliphatic carbocycles. The molecule has 0 atom stereocenters. The Bertz CT molecular complexity index is 569. The summed E-state index contributed by atoms with van der Waals surface area (Å²) >= 11 is 0. The minimum Gasteiger partial charge on any atom is -0.383 e. The van der Waals surface area contributed by atoms with E-state index >= 15 is 0 Å². The first-order valence-electron chi connectivity index (χ1n) is 6.19. The first-order chi connectivity index (χ1) is 9.25. The number of benzene rings is 1. The van der Waals surface area contributed by atoms with Gasteiger partial charge in [-0.2, -0.15) is 0 Å². The van der Waals surface area contributed by atoms with E-state index < -0.39 is 0 Å². The fourth-order valence-corrected chi connectivity index (χ4v) is 1.69. The number of aliphatic imine (C=N–C) groups is 1.